The maximum Gasteiger partial charge on any atom is 0.219 e. The van der Waals surface area contributed by atoms with Gasteiger partial charge in [0.05, 0.1) is 5.52 Å². The lowest BCUT2D eigenvalue weighted by Crippen LogP contribution is -2.17. The number of amides is 1. The minimum atomic E-state index is 0.104. The highest BCUT2D eigenvalue weighted by Crippen LogP contribution is 2.20. The summed E-state index contributed by atoms with van der Waals surface area (Å²) in [6.45, 7) is 1.73. The highest BCUT2D eigenvalue weighted by atomic mass is 16.1. The second-order valence-corrected chi connectivity index (χ2v) is 4.67. The maximum atomic E-state index is 11.2. The molecule has 1 heterocycles. The van der Waals surface area contributed by atoms with E-state index in [0.717, 1.165) is 19.5 Å². The van der Waals surface area contributed by atoms with Crippen LogP contribution in [0.15, 0.2) is 30.5 Å². The largest absolute Gasteiger partial charge is 0.359 e. The fourth-order valence-corrected chi connectivity index (χ4v) is 2.40. The quantitative estimate of drug-likeness (QED) is 0.832. The molecule has 0 bridgehead atoms. The fraction of sp³-hybridized carbons (Fsp3) is 0.400. The van der Waals surface area contributed by atoms with Crippen molar-refractivity contribution in [3.63, 3.8) is 0 Å². The van der Waals surface area contributed by atoms with E-state index in [2.05, 4.69) is 45.7 Å². The third-order valence-electron chi connectivity index (χ3n) is 3.32. The van der Waals surface area contributed by atoms with E-state index < -0.39 is 0 Å². The van der Waals surface area contributed by atoms with E-state index in [1.54, 1.807) is 7.05 Å². The van der Waals surface area contributed by atoms with Gasteiger partial charge in [-0.3, -0.25) is 4.79 Å². The molecule has 0 saturated carbocycles. The van der Waals surface area contributed by atoms with Gasteiger partial charge in [-0.2, -0.15) is 0 Å². The van der Waals surface area contributed by atoms with Crippen molar-refractivity contribution >= 4 is 16.8 Å². The first-order valence-corrected chi connectivity index (χ1v) is 6.68. The van der Waals surface area contributed by atoms with Gasteiger partial charge < -0.3 is 15.2 Å². The van der Waals surface area contributed by atoms with Crippen molar-refractivity contribution in [1.82, 2.24) is 15.2 Å². The molecule has 19 heavy (non-hydrogen) atoms. The summed E-state index contributed by atoms with van der Waals surface area (Å²) in [5.41, 5.74) is 2.57. The summed E-state index contributed by atoms with van der Waals surface area (Å²) < 4.78 is 2.24. The Balaban J connectivity index is 2.16. The zero-order valence-corrected chi connectivity index (χ0v) is 11.6. The molecular weight excluding hydrogens is 238 g/mol. The van der Waals surface area contributed by atoms with E-state index in [9.17, 15) is 4.79 Å². The summed E-state index contributed by atoms with van der Waals surface area (Å²) in [6, 6.07) is 8.50. The molecule has 1 aromatic carbocycles. The van der Waals surface area contributed by atoms with Gasteiger partial charge in [0.1, 0.15) is 0 Å². The lowest BCUT2D eigenvalue weighted by atomic mass is 10.1. The second kappa shape index (κ2) is 6.38. The van der Waals surface area contributed by atoms with Crippen molar-refractivity contribution in [3.05, 3.63) is 36.0 Å². The van der Waals surface area contributed by atoms with Gasteiger partial charge in [-0.25, -0.2) is 0 Å². The monoisotopic (exact) mass is 259 g/mol. The zero-order valence-electron chi connectivity index (χ0n) is 11.6. The highest BCUT2D eigenvalue weighted by molar-refractivity contribution is 5.83. The SMILES string of the molecule is CNCc1cccc2ccn(CCCC(=O)NC)c12. The lowest BCUT2D eigenvalue weighted by Gasteiger charge is -2.09. The normalized spacial score (nSPS) is 10.8. The standard InChI is InChI=1S/C15H21N3O/c1-16-11-13-6-3-5-12-8-10-18(15(12)13)9-4-7-14(19)17-2/h3,5-6,8,10,16H,4,7,9,11H2,1-2H3,(H,17,19). The number of nitrogens with zero attached hydrogens (tertiary/aromatic N) is 1. The third kappa shape index (κ3) is 3.15. The number of carbonyl (C=O) groups is 1. The number of carbonyl (C=O) groups excluding carboxylic acids is 1. The lowest BCUT2D eigenvalue weighted by molar-refractivity contribution is -0.120. The van der Waals surface area contributed by atoms with Crippen LogP contribution in [-0.2, 0) is 17.9 Å². The fourth-order valence-electron chi connectivity index (χ4n) is 2.40. The molecule has 1 aromatic heterocycles. The van der Waals surface area contributed by atoms with E-state index >= 15 is 0 Å². The van der Waals surface area contributed by atoms with Crippen molar-refractivity contribution in [2.45, 2.75) is 25.9 Å². The Morgan fingerprint density at radius 2 is 2.11 bits per heavy atom. The Labute approximate surface area is 113 Å². The zero-order chi connectivity index (χ0) is 13.7. The molecule has 1 amide bonds. The second-order valence-electron chi connectivity index (χ2n) is 4.67. The van der Waals surface area contributed by atoms with Crippen LogP contribution in [0.5, 0.6) is 0 Å². The van der Waals surface area contributed by atoms with Gasteiger partial charge in [0.15, 0.2) is 0 Å². The topological polar surface area (TPSA) is 46.1 Å². The predicted octanol–water partition coefficient (Wildman–Crippen LogP) is 1.89. The molecule has 2 rings (SSSR count). The van der Waals surface area contributed by atoms with Crippen molar-refractivity contribution in [2.75, 3.05) is 14.1 Å². The van der Waals surface area contributed by atoms with E-state index in [0.29, 0.717) is 6.42 Å². The van der Waals surface area contributed by atoms with Crippen LogP contribution >= 0.6 is 0 Å². The predicted molar refractivity (Wildman–Crippen MR) is 78.0 cm³/mol. The van der Waals surface area contributed by atoms with Gasteiger partial charge in [-0.15, -0.1) is 0 Å². The Hall–Kier alpha value is -1.81. The van der Waals surface area contributed by atoms with Gasteiger partial charge in [-0.05, 0) is 30.5 Å². The van der Waals surface area contributed by atoms with Crippen molar-refractivity contribution < 1.29 is 4.79 Å². The first-order valence-electron chi connectivity index (χ1n) is 6.68. The van der Waals surface area contributed by atoms with Gasteiger partial charge in [-0.1, -0.05) is 18.2 Å². The number of nitrogens with one attached hydrogen (secondary N) is 2. The summed E-state index contributed by atoms with van der Waals surface area (Å²) in [4.78, 5) is 11.2. The molecule has 4 nitrogen and oxygen atoms in total. The molecule has 0 atom stereocenters. The molecule has 0 aliphatic heterocycles. The number of para-hydroxylation sites is 1. The molecular formula is C15H21N3O. The molecule has 0 aliphatic carbocycles. The van der Waals surface area contributed by atoms with E-state index in [1.807, 2.05) is 7.05 Å². The van der Waals surface area contributed by atoms with Crippen LogP contribution in [0, 0.1) is 0 Å². The van der Waals surface area contributed by atoms with Crippen molar-refractivity contribution in [1.29, 1.82) is 0 Å². The van der Waals surface area contributed by atoms with Crippen LogP contribution in [0.2, 0.25) is 0 Å². The maximum absolute atomic E-state index is 11.2. The molecule has 2 N–H and O–H groups in total. The summed E-state index contributed by atoms with van der Waals surface area (Å²) in [7, 11) is 3.64. The first-order chi connectivity index (χ1) is 9.26. The first kappa shape index (κ1) is 13.6. The smallest absolute Gasteiger partial charge is 0.219 e. The van der Waals surface area contributed by atoms with E-state index in [1.165, 1.54) is 16.5 Å². The molecule has 0 aliphatic rings. The van der Waals surface area contributed by atoms with Crippen LogP contribution in [0.1, 0.15) is 18.4 Å². The molecule has 0 radical (unpaired) electrons. The van der Waals surface area contributed by atoms with Crippen LogP contribution in [0.25, 0.3) is 10.9 Å². The molecule has 0 saturated heterocycles. The summed E-state index contributed by atoms with van der Waals surface area (Å²) in [6.07, 6.45) is 3.54. The van der Waals surface area contributed by atoms with Gasteiger partial charge in [0.25, 0.3) is 0 Å². The van der Waals surface area contributed by atoms with Gasteiger partial charge >= 0.3 is 0 Å². The number of aromatic nitrogens is 1. The molecule has 102 valence electrons. The van der Waals surface area contributed by atoms with E-state index in [4.69, 9.17) is 0 Å². The van der Waals surface area contributed by atoms with Gasteiger partial charge in [0, 0.05) is 32.8 Å². The minimum Gasteiger partial charge on any atom is -0.359 e. The minimum absolute atomic E-state index is 0.104. The summed E-state index contributed by atoms with van der Waals surface area (Å²) in [5.74, 6) is 0.104. The number of fused-ring (bicyclic) bond motifs is 1. The van der Waals surface area contributed by atoms with Crippen molar-refractivity contribution in [3.8, 4) is 0 Å². The Morgan fingerprint density at radius 1 is 1.26 bits per heavy atom. The van der Waals surface area contributed by atoms with Gasteiger partial charge in [0.2, 0.25) is 5.91 Å². The average molecular weight is 259 g/mol. The summed E-state index contributed by atoms with van der Waals surface area (Å²) in [5, 5.41) is 7.11. The number of benzene rings is 1. The highest BCUT2D eigenvalue weighted by Gasteiger charge is 2.06. The van der Waals surface area contributed by atoms with Crippen LogP contribution in [-0.4, -0.2) is 24.6 Å². The van der Waals surface area contributed by atoms with Crippen LogP contribution in [0.3, 0.4) is 0 Å². The van der Waals surface area contributed by atoms with Crippen LogP contribution in [0.4, 0.5) is 0 Å². The number of hydrogen-bond donors (Lipinski definition) is 2. The molecule has 4 heteroatoms. The Bertz CT molecular complexity index is 560. The van der Waals surface area contributed by atoms with Crippen LogP contribution < -0.4 is 10.6 Å². The van der Waals surface area contributed by atoms with Crippen molar-refractivity contribution in [2.24, 2.45) is 0 Å². The third-order valence-corrected chi connectivity index (χ3v) is 3.32. The molecule has 0 fully saturated rings. The number of aryl methyl sites for hydroxylation is 1. The number of hydrogen-bond acceptors (Lipinski definition) is 2. The molecule has 2 aromatic rings. The molecule has 0 unspecified atom stereocenters. The summed E-state index contributed by atoms with van der Waals surface area (Å²) >= 11 is 0. The van der Waals surface area contributed by atoms with E-state index in [-0.39, 0.29) is 5.91 Å². The Kier molecular flexibility index (Phi) is 4.58. The average Bonchev–Trinajstić information content (AvgIpc) is 2.83. The molecule has 0 spiro atoms. The Morgan fingerprint density at radius 3 is 2.84 bits per heavy atom. The number of rotatable bonds is 6.